The van der Waals surface area contributed by atoms with Gasteiger partial charge in [0.15, 0.2) is 0 Å². The third kappa shape index (κ3) is 3.86. The van der Waals surface area contributed by atoms with E-state index in [1.165, 1.54) is 12.7 Å². The van der Waals surface area contributed by atoms with Crippen LogP contribution >= 0.6 is 0 Å². The molecule has 1 aliphatic heterocycles. The Balaban J connectivity index is 1.61. The first kappa shape index (κ1) is 19.1. The summed E-state index contributed by atoms with van der Waals surface area (Å²) in [6, 6.07) is 13.2. The van der Waals surface area contributed by atoms with Crippen molar-refractivity contribution in [3.63, 3.8) is 0 Å². The van der Waals surface area contributed by atoms with Crippen molar-refractivity contribution in [3.05, 3.63) is 69.8 Å². The molecular formula is C22H23N3O4. The lowest BCUT2D eigenvalue weighted by Crippen LogP contribution is -2.25. The molecule has 150 valence electrons. The number of H-pyrrole nitrogens is 1. The maximum Gasteiger partial charge on any atom is 0.337 e. The Hall–Kier alpha value is -3.19. The third-order valence-corrected chi connectivity index (χ3v) is 5.39. The van der Waals surface area contributed by atoms with Gasteiger partial charge >= 0.3 is 5.97 Å². The summed E-state index contributed by atoms with van der Waals surface area (Å²) in [5.41, 5.74) is 1.88. The first-order chi connectivity index (χ1) is 14.1. The van der Waals surface area contributed by atoms with E-state index in [1.807, 2.05) is 12.1 Å². The number of esters is 1. The summed E-state index contributed by atoms with van der Waals surface area (Å²) in [6.45, 7) is 1.46. The van der Waals surface area contributed by atoms with E-state index in [9.17, 15) is 9.59 Å². The molecular weight excluding hydrogens is 370 g/mol. The van der Waals surface area contributed by atoms with Crippen molar-refractivity contribution in [1.29, 1.82) is 0 Å². The molecule has 0 bridgehead atoms. The SMILES string of the molecule is COC(=O)c1ccc2c(=O)[nH]c(CN3CCCC3c3ccc(OC)cc3)nc2c1. The van der Waals surface area contributed by atoms with Crippen LogP contribution in [-0.4, -0.2) is 41.6 Å². The number of rotatable bonds is 5. The van der Waals surface area contributed by atoms with Crippen molar-refractivity contribution >= 4 is 16.9 Å². The number of aromatic amines is 1. The molecule has 1 unspecified atom stereocenters. The number of aromatic nitrogens is 2. The Kier molecular flexibility index (Phi) is 5.31. The second-order valence-electron chi connectivity index (χ2n) is 7.14. The van der Waals surface area contributed by atoms with Gasteiger partial charge in [-0.2, -0.15) is 0 Å². The van der Waals surface area contributed by atoms with E-state index in [1.54, 1.807) is 25.3 Å². The molecule has 1 aliphatic rings. The number of ether oxygens (including phenoxy) is 2. The minimum absolute atomic E-state index is 0.207. The topological polar surface area (TPSA) is 84.5 Å². The zero-order valence-electron chi connectivity index (χ0n) is 16.5. The third-order valence-electron chi connectivity index (χ3n) is 5.39. The highest BCUT2D eigenvalue weighted by atomic mass is 16.5. The Bertz CT molecular complexity index is 1090. The van der Waals surface area contributed by atoms with Crippen LogP contribution in [0, 0.1) is 0 Å². The van der Waals surface area contributed by atoms with Gasteiger partial charge in [-0.1, -0.05) is 12.1 Å². The van der Waals surface area contributed by atoms with Crippen LogP contribution in [0.15, 0.2) is 47.3 Å². The van der Waals surface area contributed by atoms with Crippen LogP contribution in [0.3, 0.4) is 0 Å². The van der Waals surface area contributed by atoms with Crippen molar-refractivity contribution < 1.29 is 14.3 Å². The van der Waals surface area contributed by atoms with Gasteiger partial charge in [0.2, 0.25) is 0 Å². The van der Waals surface area contributed by atoms with Crippen molar-refractivity contribution in [2.24, 2.45) is 0 Å². The number of likely N-dealkylation sites (tertiary alicyclic amines) is 1. The minimum Gasteiger partial charge on any atom is -0.497 e. The Morgan fingerprint density at radius 2 is 2.00 bits per heavy atom. The van der Waals surface area contributed by atoms with E-state index in [2.05, 4.69) is 27.0 Å². The Labute approximate surface area is 168 Å². The highest BCUT2D eigenvalue weighted by molar-refractivity contribution is 5.93. The van der Waals surface area contributed by atoms with Gasteiger partial charge in [0.25, 0.3) is 5.56 Å². The van der Waals surface area contributed by atoms with E-state index in [0.29, 0.717) is 28.8 Å². The smallest absolute Gasteiger partial charge is 0.337 e. The lowest BCUT2D eigenvalue weighted by molar-refractivity contribution is 0.0601. The van der Waals surface area contributed by atoms with E-state index in [0.717, 1.165) is 25.1 Å². The first-order valence-electron chi connectivity index (χ1n) is 9.58. The number of methoxy groups -OCH3 is 2. The van der Waals surface area contributed by atoms with Crippen LogP contribution in [0.25, 0.3) is 10.9 Å². The fraction of sp³-hybridized carbons (Fsp3) is 0.318. The predicted molar refractivity (Wildman–Crippen MR) is 109 cm³/mol. The molecule has 1 fully saturated rings. The van der Waals surface area contributed by atoms with Crippen molar-refractivity contribution in [3.8, 4) is 5.75 Å². The summed E-state index contributed by atoms with van der Waals surface area (Å²) in [7, 11) is 2.99. The standard InChI is InChI=1S/C22H23N3O4/c1-28-16-8-5-14(6-9-16)19-4-3-11-25(19)13-20-23-18-12-15(22(27)29-2)7-10-17(18)21(26)24-20/h5-10,12,19H,3-4,11,13H2,1-2H3,(H,23,24,26). The normalized spacial score (nSPS) is 16.8. The zero-order chi connectivity index (χ0) is 20.4. The Morgan fingerprint density at radius 1 is 1.21 bits per heavy atom. The van der Waals surface area contributed by atoms with Gasteiger partial charge in [-0.3, -0.25) is 9.69 Å². The molecule has 1 saturated heterocycles. The monoisotopic (exact) mass is 393 g/mol. The van der Waals surface area contributed by atoms with Gasteiger partial charge in [0, 0.05) is 6.04 Å². The molecule has 0 aliphatic carbocycles. The van der Waals surface area contributed by atoms with E-state index < -0.39 is 5.97 Å². The summed E-state index contributed by atoms with van der Waals surface area (Å²) >= 11 is 0. The fourth-order valence-corrected chi connectivity index (χ4v) is 3.92. The number of hydrogen-bond donors (Lipinski definition) is 1. The number of fused-ring (bicyclic) bond motifs is 1. The lowest BCUT2D eigenvalue weighted by atomic mass is 10.0. The fourth-order valence-electron chi connectivity index (χ4n) is 3.92. The summed E-state index contributed by atoms with van der Waals surface area (Å²) in [6.07, 6.45) is 2.14. The lowest BCUT2D eigenvalue weighted by Gasteiger charge is -2.24. The second kappa shape index (κ2) is 8.05. The molecule has 1 aromatic heterocycles. The van der Waals surface area contributed by atoms with E-state index in [4.69, 9.17) is 9.47 Å². The highest BCUT2D eigenvalue weighted by Crippen LogP contribution is 2.33. The van der Waals surface area contributed by atoms with Crippen molar-refractivity contribution in [1.82, 2.24) is 14.9 Å². The van der Waals surface area contributed by atoms with Gasteiger partial charge in [0.1, 0.15) is 11.6 Å². The van der Waals surface area contributed by atoms with Crippen molar-refractivity contribution in [2.75, 3.05) is 20.8 Å². The molecule has 1 N–H and O–H groups in total. The average Bonchev–Trinajstić information content (AvgIpc) is 3.20. The number of nitrogens with one attached hydrogen (secondary N) is 1. The van der Waals surface area contributed by atoms with Crippen LogP contribution in [0.2, 0.25) is 0 Å². The van der Waals surface area contributed by atoms with Crippen LogP contribution in [-0.2, 0) is 11.3 Å². The highest BCUT2D eigenvalue weighted by Gasteiger charge is 2.26. The summed E-state index contributed by atoms with van der Waals surface area (Å²) in [4.78, 5) is 34.1. The predicted octanol–water partition coefficient (Wildman–Crippen LogP) is 3.06. The van der Waals surface area contributed by atoms with Crippen LogP contribution in [0.4, 0.5) is 0 Å². The molecule has 3 aromatic rings. The summed E-state index contributed by atoms with van der Waals surface area (Å²) in [5, 5.41) is 0.453. The largest absolute Gasteiger partial charge is 0.497 e. The summed E-state index contributed by atoms with van der Waals surface area (Å²) in [5.74, 6) is 0.972. The number of benzene rings is 2. The molecule has 29 heavy (non-hydrogen) atoms. The van der Waals surface area contributed by atoms with E-state index >= 15 is 0 Å². The van der Waals surface area contributed by atoms with Crippen LogP contribution in [0.5, 0.6) is 5.75 Å². The number of hydrogen-bond acceptors (Lipinski definition) is 6. The molecule has 0 saturated carbocycles. The first-order valence-corrected chi connectivity index (χ1v) is 9.58. The zero-order valence-corrected chi connectivity index (χ0v) is 16.5. The molecule has 0 spiro atoms. The van der Waals surface area contributed by atoms with E-state index in [-0.39, 0.29) is 11.6 Å². The molecule has 2 aromatic carbocycles. The molecule has 7 heteroatoms. The molecule has 1 atom stereocenters. The molecule has 4 rings (SSSR count). The maximum absolute atomic E-state index is 12.5. The van der Waals surface area contributed by atoms with Gasteiger partial charge in [-0.05, 0) is 55.3 Å². The Morgan fingerprint density at radius 3 is 2.72 bits per heavy atom. The number of carbonyl (C=O) groups is 1. The van der Waals surface area contributed by atoms with Crippen LogP contribution in [0.1, 0.15) is 40.6 Å². The minimum atomic E-state index is -0.449. The quantitative estimate of drug-likeness (QED) is 0.671. The summed E-state index contributed by atoms with van der Waals surface area (Å²) < 4.78 is 10.0. The number of carbonyl (C=O) groups excluding carboxylic acids is 1. The average molecular weight is 393 g/mol. The molecule has 7 nitrogen and oxygen atoms in total. The van der Waals surface area contributed by atoms with Gasteiger partial charge in [-0.15, -0.1) is 0 Å². The molecule has 2 heterocycles. The number of nitrogens with zero attached hydrogens (tertiary/aromatic N) is 2. The van der Waals surface area contributed by atoms with Crippen molar-refractivity contribution in [2.45, 2.75) is 25.4 Å². The molecule has 0 amide bonds. The maximum atomic E-state index is 12.5. The molecule has 0 radical (unpaired) electrons. The van der Waals surface area contributed by atoms with Crippen LogP contribution < -0.4 is 10.3 Å². The van der Waals surface area contributed by atoms with Gasteiger partial charge in [-0.25, -0.2) is 9.78 Å². The van der Waals surface area contributed by atoms with Gasteiger partial charge in [0.05, 0.1) is 37.2 Å². The van der Waals surface area contributed by atoms with Gasteiger partial charge < -0.3 is 14.5 Å². The second-order valence-corrected chi connectivity index (χ2v) is 7.14.